The minimum atomic E-state index is -0.548. The Labute approximate surface area is 167 Å². The number of methoxy groups -OCH3 is 1. The number of hydrogen-bond acceptors (Lipinski definition) is 5. The zero-order chi connectivity index (χ0) is 20.7. The van der Waals surface area contributed by atoms with E-state index in [9.17, 15) is 9.90 Å². The van der Waals surface area contributed by atoms with E-state index in [1.807, 2.05) is 45.0 Å². The lowest BCUT2D eigenvalue weighted by Crippen LogP contribution is -2.20. The molecule has 0 spiro atoms. The van der Waals surface area contributed by atoms with Gasteiger partial charge < -0.3 is 19.3 Å². The first-order valence-electron chi connectivity index (χ1n) is 9.51. The summed E-state index contributed by atoms with van der Waals surface area (Å²) in [6, 6.07) is 10.9. The number of ketones is 1. The van der Waals surface area contributed by atoms with Crippen LogP contribution in [0.3, 0.4) is 0 Å². The molecule has 0 atom stereocenters. The molecule has 1 N–H and O–H groups in total. The van der Waals surface area contributed by atoms with Crippen molar-refractivity contribution < 1.29 is 24.1 Å². The molecule has 0 aliphatic carbocycles. The van der Waals surface area contributed by atoms with E-state index in [2.05, 4.69) is 0 Å². The molecule has 0 saturated heterocycles. The molecule has 0 radical (unpaired) electrons. The maximum absolute atomic E-state index is 12.4. The number of para-hydroxylation sites is 2. The Morgan fingerprint density at radius 3 is 2.07 bits per heavy atom. The second-order valence-electron chi connectivity index (χ2n) is 7.72. The average molecular weight is 386 g/mol. The Kier molecular flexibility index (Phi) is 7.32. The molecule has 152 valence electrons. The maximum Gasteiger partial charge on any atom is 0.171 e. The van der Waals surface area contributed by atoms with Gasteiger partial charge in [-0.1, -0.05) is 32.9 Å². The first-order valence-corrected chi connectivity index (χ1v) is 9.51. The van der Waals surface area contributed by atoms with Crippen molar-refractivity contribution in [3.8, 4) is 23.0 Å². The number of Topliss-reactive ketones (excluding diaryl/α,β-unsaturated/α-hetero) is 1. The molecule has 0 bridgehead atoms. The molecule has 2 aromatic rings. The van der Waals surface area contributed by atoms with Crippen LogP contribution in [0.15, 0.2) is 36.4 Å². The Balaban J connectivity index is 1.83. The van der Waals surface area contributed by atoms with Gasteiger partial charge in [0.2, 0.25) is 0 Å². The average Bonchev–Trinajstić information content (AvgIpc) is 2.66. The third kappa shape index (κ3) is 5.41. The summed E-state index contributed by atoms with van der Waals surface area (Å²) in [5, 5.41) is 10.4. The summed E-state index contributed by atoms with van der Waals surface area (Å²) < 4.78 is 16.8. The summed E-state index contributed by atoms with van der Waals surface area (Å²) >= 11 is 0. The molecule has 0 unspecified atom stereocenters. The molecule has 0 fully saturated rings. The van der Waals surface area contributed by atoms with Crippen LogP contribution in [0.1, 0.15) is 49.5 Å². The zero-order valence-corrected chi connectivity index (χ0v) is 17.4. The molecule has 0 aromatic heterocycles. The lowest BCUT2D eigenvalue weighted by Gasteiger charge is -2.19. The van der Waals surface area contributed by atoms with E-state index in [1.165, 1.54) is 0 Å². The van der Waals surface area contributed by atoms with Crippen LogP contribution in [0.5, 0.6) is 23.0 Å². The molecular formula is C23H30O5. The second-order valence-corrected chi connectivity index (χ2v) is 7.72. The summed E-state index contributed by atoms with van der Waals surface area (Å²) in [5.74, 6) is 1.94. The summed E-state index contributed by atoms with van der Waals surface area (Å²) in [6.45, 7) is 8.33. The van der Waals surface area contributed by atoms with Crippen molar-refractivity contribution in [2.45, 2.75) is 40.5 Å². The number of unbranched alkanes of at least 4 members (excludes halogenated alkanes) is 1. The zero-order valence-electron chi connectivity index (χ0n) is 17.4. The normalized spacial score (nSPS) is 11.2. The molecule has 0 amide bonds. The summed E-state index contributed by atoms with van der Waals surface area (Å²) in [4.78, 5) is 12.4. The Morgan fingerprint density at radius 1 is 0.929 bits per heavy atom. The Bertz CT molecular complexity index is 805. The SMILES string of the molecule is COc1ccccc1OCCCCOc1ccc(C(=O)C(C)(C)C)c(O)c1C. The molecular weight excluding hydrogens is 356 g/mol. The van der Waals surface area contributed by atoms with Gasteiger partial charge >= 0.3 is 0 Å². The van der Waals surface area contributed by atoms with E-state index in [1.54, 1.807) is 26.2 Å². The Hall–Kier alpha value is -2.69. The van der Waals surface area contributed by atoms with E-state index >= 15 is 0 Å². The largest absolute Gasteiger partial charge is 0.507 e. The second kappa shape index (κ2) is 9.49. The minimum absolute atomic E-state index is 0.00284. The number of benzene rings is 2. The van der Waals surface area contributed by atoms with Crippen molar-refractivity contribution >= 4 is 5.78 Å². The van der Waals surface area contributed by atoms with Crippen LogP contribution in [-0.4, -0.2) is 31.2 Å². The standard InChI is InChI=1S/C23H30O5/c1-16-18(13-12-17(21(16)24)22(25)23(2,3)4)27-14-8-9-15-28-20-11-7-6-10-19(20)26-5/h6-7,10-13,24H,8-9,14-15H2,1-5H3. The van der Waals surface area contributed by atoms with Crippen molar-refractivity contribution in [2.75, 3.05) is 20.3 Å². The molecule has 5 nitrogen and oxygen atoms in total. The minimum Gasteiger partial charge on any atom is -0.507 e. The number of ether oxygens (including phenoxy) is 3. The lowest BCUT2D eigenvalue weighted by molar-refractivity contribution is 0.0855. The predicted octanol–water partition coefficient (Wildman–Crippen LogP) is 5.18. The quantitative estimate of drug-likeness (QED) is 0.475. The van der Waals surface area contributed by atoms with E-state index < -0.39 is 5.41 Å². The van der Waals surface area contributed by atoms with Gasteiger partial charge in [0.15, 0.2) is 17.3 Å². The highest BCUT2D eigenvalue weighted by atomic mass is 16.5. The van der Waals surface area contributed by atoms with Crippen LogP contribution in [0.4, 0.5) is 0 Å². The van der Waals surface area contributed by atoms with Crippen LogP contribution >= 0.6 is 0 Å². The first kappa shape index (κ1) is 21.6. The molecule has 0 aliphatic rings. The van der Waals surface area contributed by atoms with Gasteiger partial charge in [0, 0.05) is 11.0 Å². The third-order valence-electron chi connectivity index (χ3n) is 4.43. The number of carbonyl (C=O) groups is 1. The van der Waals surface area contributed by atoms with Crippen molar-refractivity contribution in [1.29, 1.82) is 0 Å². The van der Waals surface area contributed by atoms with Gasteiger partial charge in [-0.05, 0) is 44.0 Å². The predicted molar refractivity (Wildman–Crippen MR) is 110 cm³/mol. The van der Waals surface area contributed by atoms with Gasteiger partial charge in [0.1, 0.15) is 11.5 Å². The summed E-state index contributed by atoms with van der Waals surface area (Å²) in [5.41, 5.74) is 0.371. The van der Waals surface area contributed by atoms with Crippen molar-refractivity contribution in [2.24, 2.45) is 5.41 Å². The monoisotopic (exact) mass is 386 g/mol. The fourth-order valence-corrected chi connectivity index (χ4v) is 2.73. The van der Waals surface area contributed by atoms with Gasteiger partial charge in [-0.2, -0.15) is 0 Å². The van der Waals surface area contributed by atoms with Crippen LogP contribution in [0, 0.1) is 12.3 Å². The molecule has 0 saturated carbocycles. The van der Waals surface area contributed by atoms with Crippen LogP contribution in [0.25, 0.3) is 0 Å². The smallest absolute Gasteiger partial charge is 0.171 e. The fraction of sp³-hybridized carbons (Fsp3) is 0.435. The Morgan fingerprint density at radius 2 is 1.50 bits per heavy atom. The molecule has 2 rings (SSSR count). The van der Waals surface area contributed by atoms with E-state index in [-0.39, 0.29) is 11.5 Å². The lowest BCUT2D eigenvalue weighted by atomic mass is 9.85. The fourth-order valence-electron chi connectivity index (χ4n) is 2.73. The number of aromatic hydroxyl groups is 1. The van der Waals surface area contributed by atoms with Gasteiger partial charge in [-0.15, -0.1) is 0 Å². The van der Waals surface area contributed by atoms with Crippen LogP contribution in [-0.2, 0) is 0 Å². The van der Waals surface area contributed by atoms with Gasteiger partial charge in [-0.25, -0.2) is 0 Å². The summed E-state index contributed by atoms with van der Waals surface area (Å²) in [6.07, 6.45) is 1.63. The maximum atomic E-state index is 12.4. The molecule has 2 aromatic carbocycles. The van der Waals surface area contributed by atoms with Gasteiger partial charge in [-0.3, -0.25) is 4.79 Å². The highest BCUT2D eigenvalue weighted by Gasteiger charge is 2.26. The molecule has 5 heteroatoms. The van der Waals surface area contributed by atoms with Crippen molar-refractivity contribution in [3.05, 3.63) is 47.5 Å². The third-order valence-corrected chi connectivity index (χ3v) is 4.43. The van der Waals surface area contributed by atoms with E-state index in [0.717, 1.165) is 24.3 Å². The first-order chi connectivity index (χ1) is 13.3. The van der Waals surface area contributed by atoms with Gasteiger partial charge in [0.05, 0.1) is 25.9 Å². The molecule has 28 heavy (non-hydrogen) atoms. The van der Waals surface area contributed by atoms with Gasteiger partial charge in [0.25, 0.3) is 0 Å². The van der Waals surface area contributed by atoms with Crippen molar-refractivity contribution in [1.82, 2.24) is 0 Å². The molecule has 0 aliphatic heterocycles. The van der Waals surface area contributed by atoms with E-state index in [4.69, 9.17) is 14.2 Å². The topological polar surface area (TPSA) is 65.0 Å². The number of phenols is 1. The van der Waals surface area contributed by atoms with Crippen LogP contribution < -0.4 is 14.2 Å². The van der Waals surface area contributed by atoms with E-state index in [0.29, 0.717) is 30.1 Å². The number of rotatable bonds is 9. The van der Waals surface area contributed by atoms with Crippen molar-refractivity contribution in [3.63, 3.8) is 0 Å². The summed E-state index contributed by atoms with van der Waals surface area (Å²) in [7, 11) is 1.62. The number of hydrogen-bond donors (Lipinski definition) is 1. The number of carbonyl (C=O) groups excluding carboxylic acids is 1. The highest BCUT2D eigenvalue weighted by molar-refractivity contribution is 6.02. The number of phenolic OH excluding ortho intramolecular Hbond substituents is 1. The molecule has 0 heterocycles. The highest BCUT2D eigenvalue weighted by Crippen LogP contribution is 2.34. The van der Waals surface area contributed by atoms with Crippen LogP contribution in [0.2, 0.25) is 0 Å².